The van der Waals surface area contributed by atoms with Crippen molar-refractivity contribution in [3.05, 3.63) is 11.7 Å². The van der Waals surface area contributed by atoms with Gasteiger partial charge in [-0.3, -0.25) is 14.6 Å². The number of rotatable bonds is 3. The van der Waals surface area contributed by atoms with E-state index in [0.717, 1.165) is 19.4 Å². The van der Waals surface area contributed by atoms with Gasteiger partial charge in [-0.05, 0) is 40.2 Å². The predicted molar refractivity (Wildman–Crippen MR) is 81.5 cm³/mol. The molecule has 3 heterocycles. The number of likely N-dealkylation sites (N-methyl/N-ethyl adjacent to an activating group) is 1. The molecule has 3 amide bonds. The number of urea groups is 1. The molecule has 1 aromatic heterocycles. The van der Waals surface area contributed by atoms with E-state index in [-0.39, 0.29) is 23.9 Å². The van der Waals surface area contributed by atoms with Crippen LogP contribution in [0, 0.1) is 12.8 Å². The Balaban J connectivity index is 1.76. The number of hydrogen-bond donors (Lipinski definition) is 1. The van der Waals surface area contributed by atoms with Crippen molar-refractivity contribution in [3.8, 4) is 0 Å². The fourth-order valence-electron chi connectivity index (χ4n) is 3.55. The average Bonchev–Trinajstić information content (AvgIpc) is 3.06. The summed E-state index contributed by atoms with van der Waals surface area (Å²) < 4.78 is 5.27. The molecule has 2 fully saturated rings. The molecular formula is C15H23N5O3. The Labute approximate surface area is 135 Å². The van der Waals surface area contributed by atoms with Crippen molar-refractivity contribution in [2.24, 2.45) is 5.92 Å². The van der Waals surface area contributed by atoms with Crippen molar-refractivity contribution in [1.82, 2.24) is 25.3 Å². The largest absolute Gasteiger partial charge is 0.338 e. The smallest absolute Gasteiger partial charge is 0.324 e. The number of carbonyl (C=O) groups is 2. The normalized spacial score (nSPS) is 30.6. The van der Waals surface area contributed by atoms with E-state index in [9.17, 15) is 9.59 Å². The van der Waals surface area contributed by atoms with E-state index in [1.807, 2.05) is 13.8 Å². The first kappa shape index (κ1) is 15.9. The zero-order valence-corrected chi connectivity index (χ0v) is 14.0. The monoisotopic (exact) mass is 321 g/mol. The number of piperidine rings is 1. The van der Waals surface area contributed by atoms with E-state index >= 15 is 0 Å². The van der Waals surface area contributed by atoms with Gasteiger partial charge in [-0.25, -0.2) is 4.79 Å². The van der Waals surface area contributed by atoms with Gasteiger partial charge in [-0.2, -0.15) is 4.98 Å². The highest BCUT2D eigenvalue weighted by Crippen LogP contribution is 2.34. The van der Waals surface area contributed by atoms with Gasteiger partial charge >= 0.3 is 6.03 Å². The second-order valence-electron chi connectivity index (χ2n) is 6.69. The van der Waals surface area contributed by atoms with Crippen molar-refractivity contribution < 1.29 is 14.1 Å². The first-order valence-corrected chi connectivity index (χ1v) is 7.97. The van der Waals surface area contributed by atoms with Crippen LogP contribution in [0.15, 0.2) is 4.52 Å². The lowest BCUT2D eigenvalue weighted by atomic mass is 9.79. The molecule has 1 N–H and O–H groups in total. The Morgan fingerprint density at radius 3 is 2.74 bits per heavy atom. The molecule has 0 radical (unpaired) electrons. The molecule has 2 aliphatic rings. The molecule has 0 aromatic carbocycles. The molecule has 2 saturated heterocycles. The molecule has 0 saturated carbocycles. The summed E-state index contributed by atoms with van der Waals surface area (Å²) in [5.41, 5.74) is -0.838. The van der Waals surface area contributed by atoms with Crippen molar-refractivity contribution in [3.63, 3.8) is 0 Å². The van der Waals surface area contributed by atoms with Gasteiger partial charge in [0, 0.05) is 19.5 Å². The molecule has 23 heavy (non-hydrogen) atoms. The summed E-state index contributed by atoms with van der Waals surface area (Å²) in [5, 5.41) is 6.71. The molecule has 3 rings (SSSR count). The third-order valence-electron chi connectivity index (χ3n) is 5.14. The number of carbonyl (C=O) groups excluding carboxylic acids is 2. The fourth-order valence-corrected chi connectivity index (χ4v) is 3.55. The first-order valence-electron chi connectivity index (χ1n) is 7.97. The van der Waals surface area contributed by atoms with Crippen LogP contribution in [0.4, 0.5) is 4.79 Å². The van der Waals surface area contributed by atoms with Gasteiger partial charge in [0.05, 0.1) is 6.04 Å². The van der Waals surface area contributed by atoms with Crippen molar-refractivity contribution in [2.75, 3.05) is 20.1 Å². The minimum Gasteiger partial charge on any atom is -0.338 e. The maximum atomic E-state index is 12.5. The fraction of sp³-hybridized carbons (Fsp3) is 0.733. The Hall–Kier alpha value is -1.96. The molecule has 0 spiro atoms. The number of amides is 3. The van der Waals surface area contributed by atoms with Crippen LogP contribution in [0.3, 0.4) is 0 Å². The van der Waals surface area contributed by atoms with E-state index in [1.165, 1.54) is 11.9 Å². The highest BCUT2D eigenvalue weighted by atomic mass is 16.5. The quantitative estimate of drug-likeness (QED) is 0.838. The van der Waals surface area contributed by atoms with Gasteiger partial charge in [0.15, 0.2) is 5.82 Å². The van der Waals surface area contributed by atoms with Crippen molar-refractivity contribution in [2.45, 2.75) is 45.2 Å². The Morgan fingerprint density at radius 2 is 2.17 bits per heavy atom. The third-order valence-corrected chi connectivity index (χ3v) is 5.14. The molecule has 2 aliphatic heterocycles. The lowest BCUT2D eigenvalue weighted by molar-refractivity contribution is -0.132. The molecule has 1 aromatic rings. The minimum atomic E-state index is -0.838. The Bertz CT molecular complexity index is 630. The molecule has 0 aliphatic carbocycles. The summed E-state index contributed by atoms with van der Waals surface area (Å²) in [5.74, 6) is 1.11. The highest BCUT2D eigenvalue weighted by Gasteiger charge is 2.52. The number of aromatic nitrogens is 2. The summed E-state index contributed by atoms with van der Waals surface area (Å²) >= 11 is 0. The summed E-state index contributed by atoms with van der Waals surface area (Å²) in [7, 11) is 1.52. The number of imide groups is 1. The number of nitrogens with one attached hydrogen (secondary N) is 1. The highest BCUT2D eigenvalue weighted by molar-refractivity contribution is 6.06. The predicted octanol–water partition coefficient (Wildman–Crippen LogP) is 1.09. The van der Waals surface area contributed by atoms with Crippen LogP contribution in [0.5, 0.6) is 0 Å². The van der Waals surface area contributed by atoms with E-state index < -0.39 is 5.54 Å². The molecule has 8 heteroatoms. The summed E-state index contributed by atoms with van der Waals surface area (Å²) in [4.78, 5) is 32.0. The van der Waals surface area contributed by atoms with Gasteiger partial charge in [0.2, 0.25) is 5.89 Å². The number of likely N-dealkylation sites (tertiary alicyclic amines) is 1. The lowest BCUT2D eigenvalue weighted by Gasteiger charge is -2.41. The second-order valence-corrected chi connectivity index (χ2v) is 6.69. The van der Waals surface area contributed by atoms with Crippen LogP contribution >= 0.6 is 0 Å². The molecular weight excluding hydrogens is 298 g/mol. The topological polar surface area (TPSA) is 91.6 Å². The maximum Gasteiger partial charge on any atom is 0.324 e. The molecule has 126 valence electrons. The third kappa shape index (κ3) is 2.60. The molecule has 3 unspecified atom stereocenters. The zero-order valence-electron chi connectivity index (χ0n) is 14.0. The van der Waals surface area contributed by atoms with Crippen molar-refractivity contribution in [1.29, 1.82) is 0 Å². The van der Waals surface area contributed by atoms with E-state index in [0.29, 0.717) is 18.3 Å². The van der Waals surface area contributed by atoms with Crippen LogP contribution in [0.25, 0.3) is 0 Å². The summed E-state index contributed by atoms with van der Waals surface area (Å²) in [6, 6.07) is -0.331. The Morgan fingerprint density at radius 1 is 1.43 bits per heavy atom. The summed E-state index contributed by atoms with van der Waals surface area (Å²) in [6.07, 6.45) is 1.87. The van der Waals surface area contributed by atoms with Crippen LogP contribution in [0.1, 0.15) is 44.4 Å². The van der Waals surface area contributed by atoms with Crippen molar-refractivity contribution >= 4 is 11.9 Å². The maximum absolute atomic E-state index is 12.5. The van der Waals surface area contributed by atoms with Crippen LogP contribution in [0.2, 0.25) is 0 Å². The number of nitrogens with zero attached hydrogens (tertiary/aromatic N) is 4. The van der Waals surface area contributed by atoms with Crippen LogP contribution in [-0.4, -0.2) is 57.6 Å². The molecule has 8 nitrogen and oxygen atoms in total. The van der Waals surface area contributed by atoms with E-state index in [4.69, 9.17) is 4.52 Å². The molecule has 3 atom stereocenters. The number of hydrogen-bond acceptors (Lipinski definition) is 6. The van der Waals surface area contributed by atoms with Crippen LogP contribution in [-0.2, 0) is 4.79 Å². The molecule has 0 bridgehead atoms. The van der Waals surface area contributed by atoms with Gasteiger partial charge < -0.3 is 9.84 Å². The average molecular weight is 321 g/mol. The zero-order chi connectivity index (χ0) is 16.8. The number of aryl methyl sites for hydroxylation is 1. The Kier molecular flexibility index (Phi) is 3.87. The SMILES string of the molecule is Cc1noc(C(C)N2CCCC(C3(C)NC(=O)N(C)C3=O)C2)n1. The van der Waals surface area contributed by atoms with Gasteiger partial charge in [-0.1, -0.05) is 5.16 Å². The standard InChI is InChI=1S/C15H23N5O3/c1-9(12-16-10(2)18-23-12)20-7-5-6-11(8-20)15(3)13(21)19(4)14(22)17-15/h9,11H,5-8H2,1-4H3,(H,17,22). The van der Waals surface area contributed by atoms with E-state index in [1.54, 1.807) is 6.92 Å². The van der Waals surface area contributed by atoms with Crippen LogP contribution < -0.4 is 5.32 Å². The first-order chi connectivity index (χ1) is 10.8. The van der Waals surface area contributed by atoms with E-state index in [2.05, 4.69) is 20.4 Å². The van der Waals surface area contributed by atoms with Gasteiger partial charge in [-0.15, -0.1) is 0 Å². The minimum absolute atomic E-state index is 0.00691. The second kappa shape index (κ2) is 5.59. The lowest BCUT2D eigenvalue weighted by Crippen LogP contribution is -2.56. The van der Waals surface area contributed by atoms with Gasteiger partial charge in [0.1, 0.15) is 5.54 Å². The summed E-state index contributed by atoms with van der Waals surface area (Å²) in [6.45, 7) is 7.26. The van der Waals surface area contributed by atoms with Gasteiger partial charge in [0.25, 0.3) is 5.91 Å².